The van der Waals surface area contributed by atoms with Gasteiger partial charge in [0.2, 0.25) is 0 Å². The number of aromatic nitrogens is 1. The third-order valence-corrected chi connectivity index (χ3v) is 2.32. The van der Waals surface area contributed by atoms with Crippen molar-refractivity contribution in [2.45, 2.75) is 39.2 Å². The summed E-state index contributed by atoms with van der Waals surface area (Å²) in [5.74, 6) is -0.209. The second-order valence-electron chi connectivity index (χ2n) is 4.17. The summed E-state index contributed by atoms with van der Waals surface area (Å²) in [5.41, 5.74) is 0.583. The standard InChI is InChI=1S/C12H17NO2/c1-4-9-5-6-10(13-8-9)7-11(14)12(2,3)15/h5-6,8,15H,4,7H2,1-3H3. The minimum absolute atomic E-state index is 0.188. The molecule has 15 heavy (non-hydrogen) atoms. The van der Waals surface area contributed by atoms with Gasteiger partial charge in [-0.1, -0.05) is 13.0 Å². The number of carbonyl (C=O) groups excluding carboxylic acids is 1. The molecule has 1 rings (SSSR count). The summed E-state index contributed by atoms with van der Waals surface area (Å²) in [4.78, 5) is 15.7. The molecule has 0 aliphatic rings. The zero-order chi connectivity index (χ0) is 11.5. The van der Waals surface area contributed by atoms with Crippen LogP contribution in [-0.2, 0) is 17.6 Å². The van der Waals surface area contributed by atoms with Crippen LogP contribution in [0.1, 0.15) is 32.0 Å². The molecule has 0 fully saturated rings. The van der Waals surface area contributed by atoms with Gasteiger partial charge in [0.15, 0.2) is 5.78 Å². The Labute approximate surface area is 90.2 Å². The van der Waals surface area contributed by atoms with Gasteiger partial charge >= 0.3 is 0 Å². The van der Waals surface area contributed by atoms with Crippen LogP contribution in [0.2, 0.25) is 0 Å². The summed E-state index contributed by atoms with van der Waals surface area (Å²) >= 11 is 0. The average Bonchev–Trinajstić information content (AvgIpc) is 2.17. The highest BCUT2D eigenvalue weighted by molar-refractivity contribution is 5.87. The molecule has 0 saturated heterocycles. The van der Waals surface area contributed by atoms with Gasteiger partial charge in [0.05, 0.1) is 6.42 Å². The van der Waals surface area contributed by atoms with Gasteiger partial charge in [-0.25, -0.2) is 0 Å². The van der Waals surface area contributed by atoms with Crippen LogP contribution < -0.4 is 0 Å². The highest BCUT2D eigenvalue weighted by Crippen LogP contribution is 2.08. The largest absolute Gasteiger partial charge is 0.383 e. The van der Waals surface area contributed by atoms with Gasteiger partial charge in [-0.2, -0.15) is 0 Å². The molecule has 0 amide bonds. The molecule has 0 saturated carbocycles. The molecule has 0 atom stereocenters. The number of aryl methyl sites for hydroxylation is 1. The van der Waals surface area contributed by atoms with Crippen molar-refractivity contribution in [2.24, 2.45) is 0 Å². The van der Waals surface area contributed by atoms with E-state index in [1.165, 1.54) is 13.8 Å². The lowest BCUT2D eigenvalue weighted by atomic mass is 9.99. The van der Waals surface area contributed by atoms with E-state index in [9.17, 15) is 9.90 Å². The summed E-state index contributed by atoms with van der Waals surface area (Å²) < 4.78 is 0. The van der Waals surface area contributed by atoms with E-state index in [1.807, 2.05) is 12.1 Å². The highest BCUT2D eigenvalue weighted by atomic mass is 16.3. The van der Waals surface area contributed by atoms with E-state index in [0.717, 1.165) is 12.0 Å². The molecule has 0 aliphatic heterocycles. The van der Waals surface area contributed by atoms with Crippen molar-refractivity contribution in [3.8, 4) is 0 Å². The number of hydrogen-bond donors (Lipinski definition) is 1. The molecule has 0 spiro atoms. The highest BCUT2D eigenvalue weighted by Gasteiger charge is 2.23. The monoisotopic (exact) mass is 207 g/mol. The molecule has 0 aliphatic carbocycles. The van der Waals surface area contributed by atoms with Crippen LogP contribution >= 0.6 is 0 Å². The fourth-order valence-corrected chi connectivity index (χ4v) is 1.15. The molecule has 3 nitrogen and oxygen atoms in total. The van der Waals surface area contributed by atoms with Crippen molar-refractivity contribution in [3.05, 3.63) is 29.6 Å². The lowest BCUT2D eigenvalue weighted by molar-refractivity contribution is -0.133. The molecule has 82 valence electrons. The first kappa shape index (κ1) is 11.9. The summed E-state index contributed by atoms with van der Waals surface area (Å²) in [6.07, 6.45) is 2.90. The van der Waals surface area contributed by atoms with Gasteiger partial charge < -0.3 is 5.11 Å². The first-order chi connectivity index (χ1) is 6.93. The molecule has 1 aromatic heterocycles. The van der Waals surface area contributed by atoms with Crippen molar-refractivity contribution >= 4 is 5.78 Å². The van der Waals surface area contributed by atoms with Gasteiger partial charge in [-0.3, -0.25) is 9.78 Å². The van der Waals surface area contributed by atoms with E-state index in [0.29, 0.717) is 5.69 Å². The fraction of sp³-hybridized carbons (Fsp3) is 0.500. The van der Waals surface area contributed by atoms with Crippen molar-refractivity contribution < 1.29 is 9.90 Å². The molecule has 0 bridgehead atoms. The quantitative estimate of drug-likeness (QED) is 0.814. The maximum Gasteiger partial charge on any atom is 0.169 e. The number of rotatable bonds is 4. The number of Topliss-reactive ketones (excluding diaryl/α,β-unsaturated/α-hetero) is 1. The van der Waals surface area contributed by atoms with Crippen molar-refractivity contribution in [1.29, 1.82) is 0 Å². The second-order valence-corrected chi connectivity index (χ2v) is 4.17. The normalized spacial score (nSPS) is 11.5. The smallest absolute Gasteiger partial charge is 0.169 e. The number of ketones is 1. The third-order valence-electron chi connectivity index (χ3n) is 2.32. The average molecular weight is 207 g/mol. The van der Waals surface area contributed by atoms with Crippen molar-refractivity contribution in [1.82, 2.24) is 4.98 Å². The topological polar surface area (TPSA) is 50.2 Å². The lowest BCUT2D eigenvalue weighted by Crippen LogP contribution is -2.32. The lowest BCUT2D eigenvalue weighted by Gasteiger charge is -2.14. The number of aliphatic hydroxyl groups is 1. The van der Waals surface area contributed by atoms with Crippen LogP contribution in [0.25, 0.3) is 0 Å². The van der Waals surface area contributed by atoms with Crippen LogP contribution in [0, 0.1) is 0 Å². The van der Waals surface area contributed by atoms with Gasteiger partial charge in [0.25, 0.3) is 0 Å². The summed E-state index contributed by atoms with van der Waals surface area (Å²) in [7, 11) is 0. The maximum atomic E-state index is 11.5. The SMILES string of the molecule is CCc1ccc(CC(=O)C(C)(C)O)nc1. The van der Waals surface area contributed by atoms with Crippen LogP contribution in [0.3, 0.4) is 0 Å². The van der Waals surface area contributed by atoms with E-state index in [2.05, 4.69) is 11.9 Å². The minimum Gasteiger partial charge on any atom is -0.383 e. The maximum absolute atomic E-state index is 11.5. The zero-order valence-electron chi connectivity index (χ0n) is 9.45. The van der Waals surface area contributed by atoms with E-state index in [-0.39, 0.29) is 12.2 Å². The molecule has 3 heteroatoms. The third kappa shape index (κ3) is 3.44. The predicted octanol–water partition coefficient (Wildman–Crippen LogP) is 1.53. The molecule has 1 aromatic rings. The van der Waals surface area contributed by atoms with Gasteiger partial charge in [0.1, 0.15) is 5.60 Å². The van der Waals surface area contributed by atoms with Crippen molar-refractivity contribution in [3.63, 3.8) is 0 Å². The Morgan fingerprint density at radius 2 is 2.13 bits per heavy atom. The van der Waals surface area contributed by atoms with Gasteiger partial charge in [-0.15, -0.1) is 0 Å². The number of carbonyl (C=O) groups is 1. The first-order valence-electron chi connectivity index (χ1n) is 5.13. The Hall–Kier alpha value is -1.22. The zero-order valence-corrected chi connectivity index (χ0v) is 9.45. The Bertz CT molecular complexity index is 336. The number of nitrogens with zero attached hydrogens (tertiary/aromatic N) is 1. The molecular formula is C12H17NO2. The molecule has 1 heterocycles. The Balaban J connectivity index is 2.70. The van der Waals surface area contributed by atoms with Crippen LogP contribution in [-0.4, -0.2) is 21.5 Å². The Kier molecular flexibility index (Phi) is 3.58. The van der Waals surface area contributed by atoms with Crippen LogP contribution in [0.4, 0.5) is 0 Å². The summed E-state index contributed by atoms with van der Waals surface area (Å²) in [5, 5.41) is 9.47. The number of pyridine rings is 1. The molecule has 0 aromatic carbocycles. The van der Waals surface area contributed by atoms with Crippen LogP contribution in [0.15, 0.2) is 18.3 Å². The van der Waals surface area contributed by atoms with Crippen molar-refractivity contribution in [2.75, 3.05) is 0 Å². The molecule has 0 unspecified atom stereocenters. The van der Waals surface area contributed by atoms with E-state index >= 15 is 0 Å². The minimum atomic E-state index is -1.27. The van der Waals surface area contributed by atoms with E-state index in [1.54, 1.807) is 6.20 Å². The van der Waals surface area contributed by atoms with Crippen LogP contribution in [0.5, 0.6) is 0 Å². The van der Waals surface area contributed by atoms with E-state index in [4.69, 9.17) is 0 Å². The first-order valence-corrected chi connectivity index (χ1v) is 5.13. The summed E-state index contributed by atoms with van der Waals surface area (Å²) in [6, 6.07) is 3.79. The second kappa shape index (κ2) is 4.53. The molecule has 0 radical (unpaired) electrons. The van der Waals surface area contributed by atoms with Gasteiger partial charge in [0, 0.05) is 11.9 Å². The van der Waals surface area contributed by atoms with E-state index < -0.39 is 5.60 Å². The molecular weight excluding hydrogens is 190 g/mol. The Morgan fingerprint density at radius 1 is 1.47 bits per heavy atom. The van der Waals surface area contributed by atoms with Gasteiger partial charge in [-0.05, 0) is 31.9 Å². The Morgan fingerprint density at radius 3 is 2.53 bits per heavy atom. The predicted molar refractivity (Wildman–Crippen MR) is 58.6 cm³/mol. The fourth-order valence-electron chi connectivity index (χ4n) is 1.15. The summed E-state index contributed by atoms with van der Waals surface area (Å²) in [6.45, 7) is 5.05. The number of hydrogen-bond acceptors (Lipinski definition) is 3. The molecule has 1 N–H and O–H groups in total.